The van der Waals surface area contributed by atoms with E-state index in [-0.39, 0.29) is 11.7 Å². The highest BCUT2D eigenvalue weighted by Crippen LogP contribution is 2.46. The van der Waals surface area contributed by atoms with Crippen molar-refractivity contribution >= 4 is 16.9 Å². The van der Waals surface area contributed by atoms with Crippen molar-refractivity contribution < 1.29 is 9.13 Å². The molecule has 2 N–H and O–H groups in total. The van der Waals surface area contributed by atoms with Crippen LogP contribution in [0.3, 0.4) is 0 Å². The summed E-state index contributed by atoms with van der Waals surface area (Å²) < 4.78 is 21.8. The monoisotopic (exact) mass is 373 g/mol. The quantitative estimate of drug-likeness (QED) is 0.739. The van der Waals surface area contributed by atoms with Crippen LogP contribution in [0.15, 0.2) is 21.2 Å². The van der Waals surface area contributed by atoms with Gasteiger partial charge in [0.15, 0.2) is 11.6 Å². The Kier molecular flexibility index (Phi) is 3.35. The van der Waals surface area contributed by atoms with Gasteiger partial charge in [-0.25, -0.2) is 9.18 Å². The fourth-order valence-corrected chi connectivity index (χ4v) is 4.83. The van der Waals surface area contributed by atoms with E-state index in [1.165, 1.54) is 12.0 Å². The average Bonchev–Trinajstić information content (AvgIpc) is 3.19. The van der Waals surface area contributed by atoms with Gasteiger partial charge in [0.05, 0.1) is 18.9 Å². The lowest BCUT2D eigenvalue weighted by Crippen LogP contribution is -2.29. The van der Waals surface area contributed by atoms with E-state index in [1.807, 2.05) is 5.38 Å². The van der Waals surface area contributed by atoms with Gasteiger partial charge in [-0.05, 0) is 29.7 Å². The number of rotatable bonds is 3. The highest BCUT2D eigenvalue weighted by atomic mass is 32.1. The second kappa shape index (κ2) is 5.52. The van der Waals surface area contributed by atoms with Crippen molar-refractivity contribution in [2.45, 2.75) is 31.8 Å². The van der Waals surface area contributed by atoms with Gasteiger partial charge in [0, 0.05) is 29.1 Å². The van der Waals surface area contributed by atoms with E-state index in [0.717, 1.165) is 41.1 Å². The fourth-order valence-electron chi connectivity index (χ4n) is 3.80. The van der Waals surface area contributed by atoms with E-state index in [1.54, 1.807) is 11.3 Å². The number of nitrogens with zero attached hydrogens (tertiary/aromatic N) is 1. The zero-order valence-electron chi connectivity index (χ0n) is 14.0. The minimum absolute atomic E-state index is 0.0800. The summed E-state index contributed by atoms with van der Waals surface area (Å²) in [4.78, 5) is 28.2. The number of hydrogen-bond donors (Lipinski definition) is 2. The minimum atomic E-state index is -0.657. The smallest absolute Gasteiger partial charge is 0.333 e. The number of methoxy groups -OCH3 is 1. The van der Waals surface area contributed by atoms with Crippen LogP contribution in [-0.4, -0.2) is 16.5 Å². The van der Waals surface area contributed by atoms with Crippen molar-refractivity contribution in [3.05, 3.63) is 54.2 Å². The molecule has 0 spiro atoms. The van der Waals surface area contributed by atoms with Crippen LogP contribution < -0.4 is 21.3 Å². The minimum Gasteiger partial charge on any atom is -0.494 e. The van der Waals surface area contributed by atoms with Gasteiger partial charge in [-0.3, -0.25) is 14.2 Å². The normalized spacial score (nSPS) is 16.2. The van der Waals surface area contributed by atoms with E-state index in [0.29, 0.717) is 23.2 Å². The van der Waals surface area contributed by atoms with Crippen molar-refractivity contribution in [3.63, 3.8) is 0 Å². The Labute approximate surface area is 151 Å². The first-order valence-corrected chi connectivity index (χ1v) is 9.33. The van der Waals surface area contributed by atoms with Crippen molar-refractivity contribution in [1.29, 1.82) is 0 Å². The molecule has 0 radical (unpaired) electrons. The standard InChI is InChI=1S/C18H16FN3O3S/c1-25-16-14(10-7-26-12-5-20-4-9(10)12)11(19)6-22-15(16)13(8-2-3-8)17(23)21-18(22)24/h6-8,20H,2-5H2,1H3,(H,21,23,24). The number of fused-ring (bicyclic) bond motifs is 2. The van der Waals surface area contributed by atoms with Gasteiger partial charge < -0.3 is 10.1 Å². The van der Waals surface area contributed by atoms with Gasteiger partial charge in [0.25, 0.3) is 5.56 Å². The molecule has 0 amide bonds. The third kappa shape index (κ3) is 2.12. The second-order valence-electron chi connectivity index (χ2n) is 6.71. The second-order valence-corrected chi connectivity index (χ2v) is 7.67. The van der Waals surface area contributed by atoms with Crippen LogP contribution in [-0.2, 0) is 13.1 Å². The molecule has 1 fully saturated rings. The lowest BCUT2D eigenvalue weighted by atomic mass is 10.0. The van der Waals surface area contributed by atoms with Crippen molar-refractivity contribution in [1.82, 2.24) is 14.7 Å². The molecule has 2 aliphatic rings. The highest BCUT2D eigenvalue weighted by molar-refractivity contribution is 7.10. The third-order valence-electron chi connectivity index (χ3n) is 5.13. The largest absolute Gasteiger partial charge is 0.494 e. The number of pyridine rings is 1. The molecule has 3 aromatic heterocycles. The van der Waals surface area contributed by atoms with Gasteiger partial charge in [0.1, 0.15) is 5.52 Å². The first-order valence-electron chi connectivity index (χ1n) is 8.45. The highest BCUT2D eigenvalue weighted by Gasteiger charge is 2.33. The molecule has 1 aliphatic heterocycles. The number of hydrogen-bond acceptors (Lipinski definition) is 5. The van der Waals surface area contributed by atoms with Crippen LogP contribution in [0.25, 0.3) is 16.6 Å². The molecule has 3 aromatic rings. The maximum atomic E-state index is 15.1. The number of nitrogens with one attached hydrogen (secondary N) is 2. The van der Waals surface area contributed by atoms with E-state index in [9.17, 15) is 9.59 Å². The summed E-state index contributed by atoms with van der Waals surface area (Å²) in [7, 11) is 1.45. The Bertz CT molecular complexity index is 1170. The van der Waals surface area contributed by atoms with Gasteiger partial charge in [-0.1, -0.05) is 0 Å². The number of ether oxygens (including phenoxy) is 1. The van der Waals surface area contributed by atoms with Gasteiger partial charge >= 0.3 is 5.69 Å². The van der Waals surface area contributed by atoms with E-state index < -0.39 is 17.1 Å². The Hall–Kier alpha value is -2.45. The first-order chi connectivity index (χ1) is 12.6. The summed E-state index contributed by atoms with van der Waals surface area (Å²) in [6, 6.07) is 0. The molecule has 1 aliphatic carbocycles. The molecule has 4 heterocycles. The van der Waals surface area contributed by atoms with Crippen molar-refractivity contribution in [2.24, 2.45) is 0 Å². The Morgan fingerprint density at radius 3 is 2.85 bits per heavy atom. The van der Waals surface area contributed by atoms with Crippen LogP contribution in [0, 0.1) is 5.82 Å². The van der Waals surface area contributed by atoms with Crippen molar-refractivity contribution in [2.75, 3.05) is 7.11 Å². The van der Waals surface area contributed by atoms with Gasteiger partial charge in [0.2, 0.25) is 0 Å². The molecule has 0 saturated heterocycles. The fraction of sp³-hybridized carbons (Fsp3) is 0.333. The van der Waals surface area contributed by atoms with E-state index in [4.69, 9.17) is 4.74 Å². The summed E-state index contributed by atoms with van der Waals surface area (Å²) in [6.07, 6.45) is 2.92. The average molecular weight is 373 g/mol. The molecular weight excluding hydrogens is 357 g/mol. The summed E-state index contributed by atoms with van der Waals surface area (Å²) in [5.41, 5.74) is 1.96. The lowest BCUT2D eigenvalue weighted by molar-refractivity contribution is 0.415. The summed E-state index contributed by atoms with van der Waals surface area (Å²) >= 11 is 1.57. The molecule has 1 saturated carbocycles. The maximum Gasteiger partial charge on any atom is 0.333 e. The van der Waals surface area contributed by atoms with Gasteiger partial charge in [-0.15, -0.1) is 11.3 Å². The lowest BCUT2D eigenvalue weighted by Gasteiger charge is -2.16. The Balaban J connectivity index is 1.93. The molecule has 0 aromatic carbocycles. The Morgan fingerprint density at radius 2 is 2.12 bits per heavy atom. The molecular formula is C18H16FN3O3S. The van der Waals surface area contributed by atoms with Crippen molar-refractivity contribution in [3.8, 4) is 16.9 Å². The van der Waals surface area contributed by atoms with E-state index >= 15 is 4.39 Å². The first kappa shape index (κ1) is 15.8. The van der Waals surface area contributed by atoms with Crippen LogP contribution in [0.5, 0.6) is 5.75 Å². The molecule has 0 unspecified atom stereocenters. The number of H-pyrrole nitrogens is 1. The van der Waals surface area contributed by atoms with Crippen LogP contribution in [0.1, 0.15) is 34.8 Å². The zero-order chi connectivity index (χ0) is 18.0. The number of thiophene rings is 1. The molecule has 8 heteroatoms. The van der Waals surface area contributed by atoms with E-state index in [2.05, 4.69) is 10.3 Å². The molecule has 5 rings (SSSR count). The predicted octanol–water partition coefficient (Wildman–Crippen LogP) is 2.34. The number of halogens is 1. The topological polar surface area (TPSA) is 75.6 Å². The number of aromatic amines is 1. The Morgan fingerprint density at radius 1 is 1.31 bits per heavy atom. The predicted molar refractivity (Wildman–Crippen MR) is 96.6 cm³/mol. The summed E-state index contributed by atoms with van der Waals surface area (Å²) in [5, 5.41) is 5.19. The molecule has 6 nitrogen and oxygen atoms in total. The molecule has 0 bridgehead atoms. The van der Waals surface area contributed by atoms with Gasteiger partial charge in [-0.2, -0.15) is 0 Å². The maximum absolute atomic E-state index is 15.1. The third-order valence-corrected chi connectivity index (χ3v) is 6.16. The van der Waals surface area contributed by atoms with Crippen LogP contribution in [0.4, 0.5) is 4.39 Å². The number of aromatic nitrogens is 2. The molecule has 26 heavy (non-hydrogen) atoms. The molecule has 134 valence electrons. The van der Waals surface area contributed by atoms with Crippen LogP contribution in [0.2, 0.25) is 0 Å². The summed E-state index contributed by atoms with van der Waals surface area (Å²) in [5.74, 6) is -0.211. The van der Waals surface area contributed by atoms with Crippen LogP contribution >= 0.6 is 11.3 Å². The zero-order valence-corrected chi connectivity index (χ0v) is 14.8. The molecule has 0 atom stereocenters. The SMILES string of the molecule is COc1c(-c2csc3c2CNC3)c(F)cn2c(=O)[nH]c(=O)c(C3CC3)c12. The summed E-state index contributed by atoms with van der Waals surface area (Å²) in [6.45, 7) is 1.43.